The summed E-state index contributed by atoms with van der Waals surface area (Å²) in [5.41, 5.74) is 7.42. The van der Waals surface area contributed by atoms with E-state index in [1.54, 1.807) is 0 Å². The topological polar surface area (TPSA) is 12.9 Å². The summed E-state index contributed by atoms with van der Waals surface area (Å²) >= 11 is 0. The Morgan fingerprint density at radius 2 is 1.04 bits per heavy atom. The Balaban J connectivity index is 2.05. The van der Waals surface area contributed by atoms with Crippen LogP contribution in [0.1, 0.15) is 37.8 Å². The molecule has 2 aromatic carbocycles. The lowest BCUT2D eigenvalue weighted by Gasteiger charge is -2.12. The van der Waals surface area contributed by atoms with E-state index in [9.17, 15) is 0 Å². The minimum absolute atomic E-state index is 1.07. The molecule has 0 N–H and O–H groups in total. The average molecular weight is 315 g/mol. The quantitative estimate of drug-likeness (QED) is 0.518. The highest BCUT2D eigenvalue weighted by Gasteiger charge is 2.09. The average Bonchev–Trinajstić information content (AvgIpc) is 2.63. The predicted octanol–water partition coefficient (Wildman–Crippen LogP) is 6.32. The number of benzene rings is 2. The molecule has 0 aliphatic rings. The highest BCUT2D eigenvalue weighted by Crippen LogP contribution is 2.28. The van der Waals surface area contributed by atoms with E-state index in [1.165, 1.54) is 22.3 Å². The molecule has 1 nitrogen and oxygen atoms in total. The highest BCUT2D eigenvalue weighted by atomic mass is 14.7. The number of hydrogen-bond donors (Lipinski definition) is 0. The van der Waals surface area contributed by atoms with Crippen LogP contribution in [0.4, 0.5) is 0 Å². The third kappa shape index (κ3) is 3.56. The first-order valence-electron chi connectivity index (χ1n) is 8.97. The number of rotatable bonds is 6. The van der Waals surface area contributed by atoms with Gasteiger partial charge in [-0.25, -0.2) is 4.98 Å². The van der Waals surface area contributed by atoms with Gasteiger partial charge in [0.2, 0.25) is 0 Å². The molecule has 0 unspecified atom stereocenters. The summed E-state index contributed by atoms with van der Waals surface area (Å²) in [5, 5.41) is 0. The van der Waals surface area contributed by atoms with Crippen LogP contribution in [-0.2, 0) is 12.8 Å². The van der Waals surface area contributed by atoms with E-state index in [-0.39, 0.29) is 0 Å². The third-order valence-electron chi connectivity index (χ3n) is 4.37. The van der Waals surface area contributed by atoms with E-state index in [4.69, 9.17) is 4.98 Å². The third-order valence-corrected chi connectivity index (χ3v) is 4.37. The smallest absolute Gasteiger partial charge is 0.0712 e. The summed E-state index contributed by atoms with van der Waals surface area (Å²) in [4.78, 5) is 5.00. The molecule has 3 aromatic rings. The first-order chi connectivity index (χ1) is 11.8. The summed E-state index contributed by atoms with van der Waals surface area (Å²) in [5.74, 6) is 0. The van der Waals surface area contributed by atoms with Gasteiger partial charge in [0.1, 0.15) is 0 Å². The fourth-order valence-corrected chi connectivity index (χ4v) is 3.25. The van der Waals surface area contributed by atoms with Gasteiger partial charge in [0.25, 0.3) is 0 Å². The van der Waals surface area contributed by atoms with E-state index in [1.807, 2.05) is 0 Å². The van der Waals surface area contributed by atoms with E-state index in [0.29, 0.717) is 0 Å². The van der Waals surface area contributed by atoms with Crippen LogP contribution in [0.5, 0.6) is 0 Å². The monoisotopic (exact) mass is 315 g/mol. The maximum absolute atomic E-state index is 5.00. The second-order valence-corrected chi connectivity index (χ2v) is 6.22. The molecule has 0 radical (unpaired) electrons. The maximum Gasteiger partial charge on any atom is 0.0712 e. The summed E-state index contributed by atoms with van der Waals surface area (Å²) in [6, 6.07) is 23.6. The molecule has 24 heavy (non-hydrogen) atoms. The molecular formula is C23H25N. The molecule has 0 atom stereocenters. The standard InChI is InChI=1S/C23H25N/c1-3-10-18-12-5-7-14-20(18)22-16-9-17-23(24-22)21-15-8-6-13-19(21)11-4-2/h5-9,12-17H,3-4,10-11H2,1-2H3. The molecular weight excluding hydrogens is 290 g/mol. The van der Waals surface area contributed by atoms with Crippen molar-refractivity contribution in [3.8, 4) is 22.5 Å². The lowest BCUT2D eigenvalue weighted by molar-refractivity contribution is 0.921. The van der Waals surface area contributed by atoms with Crippen molar-refractivity contribution >= 4 is 0 Å². The largest absolute Gasteiger partial charge is 0.248 e. The van der Waals surface area contributed by atoms with Crippen molar-refractivity contribution in [3.05, 3.63) is 77.9 Å². The number of hydrogen-bond acceptors (Lipinski definition) is 1. The SMILES string of the molecule is CCCc1ccccc1-c1cccc(-c2ccccc2CCC)n1. The molecule has 0 bridgehead atoms. The fourth-order valence-electron chi connectivity index (χ4n) is 3.25. The van der Waals surface area contributed by atoms with Crippen LogP contribution in [0.3, 0.4) is 0 Å². The zero-order valence-electron chi connectivity index (χ0n) is 14.6. The summed E-state index contributed by atoms with van der Waals surface area (Å²) in [6.07, 6.45) is 4.48. The van der Waals surface area contributed by atoms with Gasteiger partial charge >= 0.3 is 0 Å². The van der Waals surface area contributed by atoms with Crippen LogP contribution in [0, 0.1) is 0 Å². The number of nitrogens with zero attached hydrogens (tertiary/aromatic N) is 1. The van der Waals surface area contributed by atoms with Crippen LogP contribution in [0.15, 0.2) is 66.7 Å². The number of aromatic nitrogens is 1. The summed E-state index contributed by atoms with van der Waals surface area (Å²) < 4.78 is 0. The second kappa shape index (κ2) is 7.92. The Morgan fingerprint density at radius 3 is 1.50 bits per heavy atom. The molecule has 1 heterocycles. The van der Waals surface area contributed by atoms with Gasteiger partial charge < -0.3 is 0 Å². The van der Waals surface area contributed by atoms with Crippen molar-refractivity contribution in [2.45, 2.75) is 39.5 Å². The molecule has 3 rings (SSSR count). The van der Waals surface area contributed by atoms with Crippen LogP contribution in [0.25, 0.3) is 22.5 Å². The lowest BCUT2D eigenvalue weighted by Crippen LogP contribution is -1.95. The van der Waals surface area contributed by atoms with Gasteiger partial charge in [-0.15, -0.1) is 0 Å². The molecule has 0 saturated heterocycles. The fraction of sp³-hybridized carbons (Fsp3) is 0.261. The van der Waals surface area contributed by atoms with Crippen molar-refractivity contribution in [2.24, 2.45) is 0 Å². The molecule has 0 amide bonds. The predicted molar refractivity (Wildman–Crippen MR) is 103 cm³/mol. The van der Waals surface area contributed by atoms with Crippen molar-refractivity contribution < 1.29 is 0 Å². The van der Waals surface area contributed by atoms with Crippen molar-refractivity contribution in [1.29, 1.82) is 0 Å². The molecule has 0 saturated carbocycles. The second-order valence-electron chi connectivity index (χ2n) is 6.22. The Hall–Kier alpha value is -2.41. The lowest BCUT2D eigenvalue weighted by atomic mass is 9.98. The molecule has 122 valence electrons. The van der Waals surface area contributed by atoms with E-state index in [2.05, 4.69) is 80.6 Å². The van der Waals surface area contributed by atoms with Crippen molar-refractivity contribution in [3.63, 3.8) is 0 Å². The van der Waals surface area contributed by atoms with Crippen LogP contribution >= 0.6 is 0 Å². The molecule has 0 aliphatic heterocycles. The van der Waals surface area contributed by atoms with E-state index >= 15 is 0 Å². The minimum Gasteiger partial charge on any atom is -0.248 e. The molecule has 0 spiro atoms. The number of aryl methyl sites for hydroxylation is 2. The van der Waals surface area contributed by atoms with Gasteiger partial charge in [-0.2, -0.15) is 0 Å². The molecule has 0 fully saturated rings. The van der Waals surface area contributed by atoms with Crippen molar-refractivity contribution in [2.75, 3.05) is 0 Å². The molecule has 1 heteroatoms. The van der Waals surface area contributed by atoms with Gasteiger partial charge in [-0.05, 0) is 36.1 Å². The molecule has 0 aliphatic carbocycles. The van der Waals surface area contributed by atoms with Gasteiger partial charge in [-0.1, -0.05) is 81.3 Å². The van der Waals surface area contributed by atoms with Crippen LogP contribution in [-0.4, -0.2) is 4.98 Å². The van der Waals surface area contributed by atoms with Gasteiger partial charge in [0.05, 0.1) is 11.4 Å². The first-order valence-corrected chi connectivity index (χ1v) is 8.97. The van der Waals surface area contributed by atoms with Gasteiger partial charge in [-0.3, -0.25) is 0 Å². The first kappa shape index (κ1) is 16.4. The van der Waals surface area contributed by atoms with Gasteiger partial charge in [0, 0.05) is 11.1 Å². The summed E-state index contributed by atoms with van der Waals surface area (Å²) in [6.45, 7) is 4.45. The Labute approximate surface area is 145 Å². The van der Waals surface area contributed by atoms with Crippen LogP contribution < -0.4 is 0 Å². The zero-order valence-corrected chi connectivity index (χ0v) is 14.6. The maximum atomic E-state index is 5.00. The number of pyridine rings is 1. The Bertz CT molecular complexity index is 740. The van der Waals surface area contributed by atoms with Crippen molar-refractivity contribution in [1.82, 2.24) is 4.98 Å². The summed E-state index contributed by atoms with van der Waals surface area (Å²) in [7, 11) is 0. The van der Waals surface area contributed by atoms with Crippen LogP contribution in [0.2, 0.25) is 0 Å². The minimum atomic E-state index is 1.07. The molecule has 1 aromatic heterocycles. The normalized spacial score (nSPS) is 10.8. The zero-order chi connectivity index (χ0) is 16.8. The highest BCUT2D eigenvalue weighted by molar-refractivity contribution is 5.70. The Kier molecular flexibility index (Phi) is 5.43. The Morgan fingerprint density at radius 1 is 0.583 bits per heavy atom. The van der Waals surface area contributed by atoms with E-state index < -0.39 is 0 Å². The van der Waals surface area contributed by atoms with Gasteiger partial charge in [0.15, 0.2) is 0 Å². The van der Waals surface area contributed by atoms with E-state index in [0.717, 1.165) is 37.1 Å².